The molecule has 17 heavy (non-hydrogen) atoms. The van der Waals surface area contributed by atoms with E-state index in [2.05, 4.69) is 37.1 Å². The molecule has 0 N–H and O–H groups in total. The van der Waals surface area contributed by atoms with Crippen molar-refractivity contribution in [3.63, 3.8) is 0 Å². The van der Waals surface area contributed by atoms with Crippen LogP contribution in [0.2, 0.25) is 0 Å². The van der Waals surface area contributed by atoms with Crippen molar-refractivity contribution in [2.45, 2.75) is 20.8 Å². The van der Waals surface area contributed by atoms with Gasteiger partial charge in [0.2, 0.25) is 0 Å². The minimum atomic E-state index is -0.124. The van der Waals surface area contributed by atoms with Gasteiger partial charge in [-0.15, -0.1) is 11.3 Å². The zero-order valence-electron chi connectivity index (χ0n) is 11.2. The summed E-state index contributed by atoms with van der Waals surface area (Å²) in [4.78, 5) is 13.8. The molecule has 0 amide bonds. The van der Waals surface area contributed by atoms with Gasteiger partial charge in [-0.25, -0.2) is 0 Å². The van der Waals surface area contributed by atoms with Gasteiger partial charge in [0.25, 0.3) is 0 Å². The Kier molecular flexibility index (Phi) is 5.00. The lowest BCUT2D eigenvalue weighted by molar-refractivity contribution is -0.146. The van der Waals surface area contributed by atoms with Gasteiger partial charge in [0, 0.05) is 13.6 Å². The van der Waals surface area contributed by atoms with E-state index in [-0.39, 0.29) is 17.8 Å². The van der Waals surface area contributed by atoms with E-state index in [1.807, 2.05) is 7.05 Å². The summed E-state index contributed by atoms with van der Waals surface area (Å²) in [5.41, 5.74) is 1.25. The molecule has 0 aliphatic carbocycles. The summed E-state index contributed by atoms with van der Waals surface area (Å²) in [5, 5.41) is 3.29. The van der Waals surface area contributed by atoms with Gasteiger partial charge in [-0.05, 0) is 29.9 Å². The zero-order valence-corrected chi connectivity index (χ0v) is 12.0. The normalized spacial score (nSPS) is 12.6. The SMILES string of the molecule is COC(=O)C(CN(C)c1sccc1C)C(C)C. The standard InChI is InChI=1S/C13H21NO2S/c1-9(2)11(13(15)16-5)8-14(4)12-10(3)6-7-17-12/h6-7,9,11H,8H2,1-5H3. The Labute approximate surface area is 107 Å². The van der Waals surface area contributed by atoms with Crippen molar-refractivity contribution < 1.29 is 9.53 Å². The molecule has 0 aromatic carbocycles. The van der Waals surface area contributed by atoms with Crippen LogP contribution in [-0.2, 0) is 9.53 Å². The fourth-order valence-corrected chi connectivity index (χ4v) is 2.75. The highest BCUT2D eigenvalue weighted by Crippen LogP contribution is 2.27. The van der Waals surface area contributed by atoms with Gasteiger partial charge < -0.3 is 9.64 Å². The summed E-state index contributed by atoms with van der Waals surface area (Å²) in [6.07, 6.45) is 0. The third kappa shape index (κ3) is 3.46. The summed E-state index contributed by atoms with van der Waals surface area (Å²) in [7, 11) is 3.48. The average molecular weight is 255 g/mol. The number of anilines is 1. The molecule has 3 nitrogen and oxygen atoms in total. The molecule has 0 radical (unpaired) electrons. The van der Waals surface area contributed by atoms with Crippen LogP contribution in [0.15, 0.2) is 11.4 Å². The summed E-state index contributed by atoms with van der Waals surface area (Å²) >= 11 is 1.70. The lowest BCUT2D eigenvalue weighted by Gasteiger charge is -2.26. The maximum Gasteiger partial charge on any atom is 0.310 e. The smallest absolute Gasteiger partial charge is 0.310 e. The van der Waals surface area contributed by atoms with Crippen molar-refractivity contribution >= 4 is 22.3 Å². The second-order valence-corrected chi connectivity index (χ2v) is 5.56. The van der Waals surface area contributed by atoms with Crippen molar-refractivity contribution in [3.05, 3.63) is 17.0 Å². The molecule has 0 bridgehead atoms. The van der Waals surface area contributed by atoms with E-state index in [9.17, 15) is 4.79 Å². The van der Waals surface area contributed by atoms with Crippen LogP contribution in [-0.4, -0.2) is 26.7 Å². The van der Waals surface area contributed by atoms with Crippen LogP contribution in [0.4, 0.5) is 5.00 Å². The van der Waals surface area contributed by atoms with Gasteiger partial charge in [-0.3, -0.25) is 4.79 Å². The second kappa shape index (κ2) is 6.05. The van der Waals surface area contributed by atoms with Crippen LogP contribution in [0.1, 0.15) is 19.4 Å². The maximum absolute atomic E-state index is 11.7. The highest BCUT2D eigenvalue weighted by molar-refractivity contribution is 7.14. The van der Waals surface area contributed by atoms with Crippen molar-refractivity contribution in [3.8, 4) is 0 Å². The Morgan fingerprint density at radius 1 is 1.53 bits per heavy atom. The van der Waals surface area contributed by atoms with E-state index in [0.29, 0.717) is 6.54 Å². The number of methoxy groups -OCH3 is 1. The second-order valence-electron chi connectivity index (χ2n) is 4.66. The van der Waals surface area contributed by atoms with E-state index in [1.54, 1.807) is 11.3 Å². The van der Waals surface area contributed by atoms with E-state index in [4.69, 9.17) is 4.74 Å². The maximum atomic E-state index is 11.7. The molecule has 0 aliphatic heterocycles. The molecule has 1 rings (SSSR count). The molecule has 0 aliphatic rings. The molecule has 0 saturated heterocycles. The monoisotopic (exact) mass is 255 g/mol. The van der Waals surface area contributed by atoms with Crippen LogP contribution in [0, 0.1) is 18.8 Å². The van der Waals surface area contributed by atoms with E-state index >= 15 is 0 Å². The predicted octanol–water partition coefficient (Wildman–Crippen LogP) is 2.94. The van der Waals surface area contributed by atoms with Gasteiger partial charge >= 0.3 is 5.97 Å². The summed E-state index contributed by atoms with van der Waals surface area (Å²) in [5.74, 6) is 0.0812. The topological polar surface area (TPSA) is 29.5 Å². The third-order valence-corrected chi connectivity index (χ3v) is 4.09. The minimum Gasteiger partial charge on any atom is -0.469 e. The number of carbonyl (C=O) groups is 1. The lowest BCUT2D eigenvalue weighted by Crippen LogP contribution is -2.34. The molecule has 1 heterocycles. The summed E-state index contributed by atoms with van der Waals surface area (Å²) in [6, 6.07) is 2.10. The Morgan fingerprint density at radius 3 is 2.59 bits per heavy atom. The largest absolute Gasteiger partial charge is 0.469 e. The van der Waals surface area contributed by atoms with Gasteiger partial charge in [-0.2, -0.15) is 0 Å². The number of hydrogen-bond acceptors (Lipinski definition) is 4. The van der Waals surface area contributed by atoms with Gasteiger partial charge in [-0.1, -0.05) is 13.8 Å². The van der Waals surface area contributed by atoms with E-state index < -0.39 is 0 Å². The van der Waals surface area contributed by atoms with Gasteiger partial charge in [0.05, 0.1) is 18.0 Å². The first-order valence-electron chi connectivity index (χ1n) is 5.80. The van der Waals surface area contributed by atoms with Gasteiger partial charge in [0.15, 0.2) is 0 Å². The number of aryl methyl sites for hydroxylation is 1. The number of carbonyl (C=O) groups excluding carboxylic acids is 1. The molecule has 1 unspecified atom stereocenters. The minimum absolute atomic E-state index is 0.0773. The number of esters is 1. The first-order valence-corrected chi connectivity index (χ1v) is 6.68. The number of rotatable bonds is 5. The Bertz CT molecular complexity index is 373. The van der Waals surface area contributed by atoms with Crippen molar-refractivity contribution in [2.75, 3.05) is 25.6 Å². The number of hydrogen-bond donors (Lipinski definition) is 0. The molecule has 0 fully saturated rings. The summed E-state index contributed by atoms with van der Waals surface area (Å²) < 4.78 is 4.86. The molecule has 0 spiro atoms. The quantitative estimate of drug-likeness (QED) is 0.758. The van der Waals surface area contributed by atoms with E-state index in [0.717, 1.165) is 0 Å². The van der Waals surface area contributed by atoms with Crippen molar-refractivity contribution in [1.82, 2.24) is 0 Å². The fourth-order valence-electron chi connectivity index (χ4n) is 1.84. The third-order valence-electron chi connectivity index (χ3n) is 2.96. The first-order chi connectivity index (χ1) is 7.97. The highest BCUT2D eigenvalue weighted by Gasteiger charge is 2.25. The van der Waals surface area contributed by atoms with Crippen LogP contribution in [0.3, 0.4) is 0 Å². The van der Waals surface area contributed by atoms with Crippen LogP contribution >= 0.6 is 11.3 Å². The number of thiophene rings is 1. The Hall–Kier alpha value is -1.03. The summed E-state index contributed by atoms with van der Waals surface area (Å²) in [6.45, 7) is 6.89. The number of nitrogens with zero attached hydrogens (tertiary/aromatic N) is 1. The predicted molar refractivity (Wildman–Crippen MR) is 72.7 cm³/mol. The average Bonchev–Trinajstić information content (AvgIpc) is 2.70. The molecule has 96 valence electrons. The van der Waals surface area contributed by atoms with Gasteiger partial charge in [0.1, 0.15) is 0 Å². The zero-order chi connectivity index (χ0) is 13.0. The molecular weight excluding hydrogens is 234 g/mol. The molecular formula is C13H21NO2S. The van der Waals surface area contributed by atoms with Crippen LogP contribution in [0.5, 0.6) is 0 Å². The molecule has 4 heteroatoms. The fraction of sp³-hybridized carbons (Fsp3) is 0.615. The number of ether oxygens (including phenoxy) is 1. The van der Waals surface area contributed by atoms with Crippen LogP contribution in [0.25, 0.3) is 0 Å². The molecule has 0 saturated carbocycles. The molecule has 1 aromatic rings. The highest BCUT2D eigenvalue weighted by atomic mass is 32.1. The Morgan fingerprint density at radius 2 is 2.18 bits per heavy atom. The van der Waals surface area contributed by atoms with Crippen molar-refractivity contribution in [1.29, 1.82) is 0 Å². The Balaban J connectivity index is 2.74. The van der Waals surface area contributed by atoms with Crippen molar-refractivity contribution in [2.24, 2.45) is 11.8 Å². The lowest BCUT2D eigenvalue weighted by atomic mass is 9.95. The molecule has 1 aromatic heterocycles. The van der Waals surface area contributed by atoms with E-state index in [1.165, 1.54) is 17.7 Å². The molecule has 1 atom stereocenters. The first kappa shape index (κ1) is 14.0. The van der Waals surface area contributed by atoms with Crippen LogP contribution < -0.4 is 4.90 Å².